The molecule has 3 aromatic heterocycles. The summed E-state index contributed by atoms with van der Waals surface area (Å²) >= 11 is 8.67. The molecule has 6 heteroatoms. The third kappa shape index (κ3) is 2.68. The Hall–Kier alpha value is -1.73. The third-order valence-corrected chi connectivity index (χ3v) is 5.69. The van der Waals surface area contributed by atoms with Crippen LogP contribution in [0.4, 0.5) is 0 Å². The van der Waals surface area contributed by atoms with E-state index in [0.29, 0.717) is 5.02 Å². The van der Waals surface area contributed by atoms with E-state index >= 15 is 0 Å². The number of pyridine rings is 1. The van der Waals surface area contributed by atoms with Gasteiger partial charge in [0.1, 0.15) is 22.6 Å². The maximum absolute atomic E-state index is 6.27. The molecule has 0 radical (unpaired) electrons. The molecular formula is C20H19ClIN3O. The lowest BCUT2D eigenvalue weighted by atomic mass is 10.1. The Morgan fingerprint density at radius 2 is 1.77 bits per heavy atom. The minimum atomic E-state index is -0.130. The van der Waals surface area contributed by atoms with Gasteiger partial charge in [-0.1, -0.05) is 11.6 Å². The predicted octanol–water partition coefficient (Wildman–Crippen LogP) is 5.98. The molecule has 26 heavy (non-hydrogen) atoms. The topological polar surface area (TPSA) is 31.5 Å². The van der Waals surface area contributed by atoms with Crippen molar-refractivity contribution in [1.82, 2.24) is 14.0 Å². The summed E-state index contributed by atoms with van der Waals surface area (Å²) in [6, 6.07) is 12.0. The number of hydrogen-bond acceptors (Lipinski definition) is 2. The van der Waals surface area contributed by atoms with Crippen LogP contribution in [0.5, 0.6) is 5.75 Å². The van der Waals surface area contributed by atoms with Crippen LogP contribution in [0.15, 0.2) is 42.6 Å². The van der Waals surface area contributed by atoms with E-state index in [0.717, 1.165) is 37.4 Å². The van der Waals surface area contributed by atoms with Gasteiger partial charge in [0.25, 0.3) is 0 Å². The number of fused-ring (bicyclic) bond motifs is 3. The number of imidazole rings is 1. The highest BCUT2D eigenvalue weighted by atomic mass is 127. The molecule has 0 spiro atoms. The van der Waals surface area contributed by atoms with Gasteiger partial charge in [-0.05, 0) is 85.3 Å². The van der Waals surface area contributed by atoms with Crippen LogP contribution in [0.1, 0.15) is 20.8 Å². The van der Waals surface area contributed by atoms with Crippen molar-refractivity contribution in [2.75, 3.05) is 7.11 Å². The third-order valence-electron chi connectivity index (χ3n) is 4.44. The van der Waals surface area contributed by atoms with Crippen molar-refractivity contribution in [3.05, 3.63) is 51.2 Å². The van der Waals surface area contributed by atoms with E-state index in [1.165, 1.54) is 0 Å². The summed E-state index contributed by atoms with van der Waals surface area (Å²) in [6.45, 7) is 6.62. The molecule has 0 fully saturated rings. The molecular weight excluding hydrogens is 461 g/mol. The largest absolute Gasteiger partial charge is 0.497 e. The Kier molecular flexibility index (Phi) is 4.19. The zero-order valence-corrected chi connectivity index (χ0v) is 18.0. The quantitative estimate of drug-likeness (QED) is 0.331. The average Bonchev–Trinajstić information content (AvgIpc) is 3.10. The molecule has 0 aliphatic carbocycles. The standard InChI is InChI=1S/C20H19ClIN3O/c1-20(2,3)25-18(12-5-8-14(26-4)9-6-12)16(22)17-19(25)24-11-13(21)7-10-15(24)23-17/h5-11H,1-4H3. The van der Waals surface area contributed by atoms with E-state index in [-0.39, 0.29) is 5.54 Å². The van der Waals surface area contributed by atoms with Gasteiger partial charge >= 0.3 is 0 Å². The van der Waals surface area contributed by atoms with Crippen molar-refractivity contribution < 1.29 is 4.74 Å². The van der Waals surface area contributed by atoms with E-state index in [1.54, 1.807) is 7.11 Å². The monoisotopic (exact) mass is 479 g/mol. The van der Waals surface area contributed by atoms with Crippen LogP contribution < -0.4 is 4.74 Å². The minimum absolute atomic E-state index is 0.130. The molecule has 0 saturated carbocycles. The van der Waals surface area contributed by atoms with E-state index in [1.807, 2.05) is 30.5 Å². The molecule has 0 atom stereocenters. The molecule has 3 heterocycles. The van der Waals surface area contributed by atoms with Crippen LogP contribution in [0.2, 0.25) is 5.02 Å². The van der Waals surface area contributed by atoms with Gasteiger partial charge in [-0.2, -0.15) is 0 Å². The Morgan fingerprint density at radius 3 is 2.38 bits per heavy atom. The smallest absolute Gasteiger partial charge is 0.147 e. The zero-order chi connectivity index (χ0) is 18.6. The number of methoxy groups -OCH3 is 1. The van der Waals surface area contributed by atoms with Crippen molar-refractivity contribution in [3.63, 3.8) is 0 Å². The lowest BCUT2D eigenvalue weighted by molar-refractivity contribution is 0.411. The van der Waals surface area contributed by atoms with Crippen molar-refractivity contribution in [2.24, 2.45) is 0 Å². The van der Waals surface area contributed by atoms with Crippen molar-refractivity contribution >= 4 is 51.0 Å². The molecule has 4 aromatic rings. The molecule has 4 nitrogen and oxygen atoms in total. The lowest BCUT2D eigenvalue weighted by Crippen LogP contribution is -2.23. The lowest BCUT2D eigenvalue weighted by Gasteiger charge is -2.26. The Labute approximate surface area is 170 Å². The first-order valence-electron chi connectivity index (χ1n) is 8.33. The number of nitrogens with zero attached hydrogens (tertiary/aromatic N) is 3. The van der Waals surface area contributed by atoms with Crippen molar-refractivity contribution in [1.29, 1.82) is 0 Å². The van der Waals surface area contributed by atoms with E-state index in [9.17, 15) is 0 Å². The van der Waals surface area contributed by atoms with E-state index in [2.05, 4.69) is 64.5 Å². The van der Waals surface area contributed by atoms with Gasteiger partial charge in [-0.3, -0.25) is 4.40 Å². The van der Waals surface area contributed by atoms with Crippen molar-refractivity contribution in [3.8, 4) is 17.0 Å². The first-order chi connectivity index (χ1) is 12.3. The summed E-state index contributed by atoms with van der Waals surface area (Å²) in [5.74, 6) is 0.848. The first kappa shape index (κ1) is 17.7. The second-order valence-corrected chi connectivity index (χ2v) is 8.77. The van der Waals surface area contributed by atoms with Crippen LogP contribution >= 0.6 is 34.2 Å². The molecule has 0 unspecified atom stereocenters. The Morgan fingerprint density at radius 1 is 1.08 bits per heavy atom. The molecule has 0 aliphatic heterocycles. The number of rotatable bonds is 2. The van der Waals surface area contributed by atoms with Gasteiger partial charge in [0, 0.05) is 11.7 Å². The summed E-state index contributed by atoms with van der Waals surface area (Å²) in [6.07, 6.45) is 1.93. The second kappa shape index (κ2) is 6.16. The number of aromatic nitrogens is 3. The van der Waals surface area contributed by atoms with Crippen LogP contribution in [-0.2, 0) is 5.54 Å². The van der Waals surface area contributed by atoms with Crippen LogP contribution in [0.25, 0.3) is 28.1 Å². The molecule has 0 N–H and O–H groups in total. The van der Waals surface area contributed by atoms with Gasteiger partial charge in [-0.15, -0.1) is 0 Å². The van der Waals surface area contributed by atoms with Gasteiger partial charge in [0.05, 0.1) is 21.4 Å². The number of ether oxygens (including phenoxy) is 1. The Balaban J connectivity index is 2.12. The molecule has 0 aliphatic rings. The fourth-order valence-electron chi connectivity index (χ4n) is 3.34. The van der Waals surface area contributed by atoms with Gasteiger partial charge in [0.2, 0.25) is 0 Å². The maximum Gasteiger partial charge on any atom is 0.147 e. The van der Waals surface area contributed by atoms with Crippen LogP contribution in [0, 0.1) is 3.57 Å². The highest BCUT2D eigenvalue weighted by molar-refractivity contribution is 14.1. The fourth-order valence-corrected chi connectivity index (χ4v) is 4.42. The predicted molar refractivity (Wildman–Crippen MR) is 115 cm³/mol. The van der Waals surface area contributed by atoms with Gasteiger partial charge in [0.15, 0.2) is 0 Å². The highest BCUT2D eigenvalue weighted by Crippen LogP contribution is 2.39. The van der Waals surface area contributed by atoms with E-state index < -0.39 is 0 Å². The van der Waals surface area contributed by atoms with Crippen molar-refractivity contribution in [2.45, 2.75) is 26.3 Å². The maximum atomic E-state index is 6.27. The fraction of sp³-hybridized carbons (Fsp3) is 0.250. The number of benzene rings is 1. The van der Waals surface area contributed by atoms with Crippen LogP contribution in [0.3, 0.4) is 0 Å². The highest BCUT2D eigenvalue weighted by Gasteiger charge is 2.28. The summed E-state index contributed by atoms with van der Waals surface area (Å²) < 4.78 is 10.9. The molecule has 1 aromatic carbocycles. The van der Waals surface area contributed by atoms with E-state index in [4.69, 9.17) is 21.3 Å². The summed E-state index contributed by atoms with van der Waals surface area (Å²) in [5.41, 5.74) is 5.12. The van der Waals surface area contributed by atoms with Gasteiger partial charge < -0.3 is 9.30 Å². The normalized spacial score (nSPS) is 12.2. The Bertz CT molecular complexity index is 1120. The first-order valence-corrected chi connectivity index (χ1v) is 9.79. The summed E-state index contributed by atoms with van der Waals surface area (Å²) in [5, 5.41) is 0.694. The summed E-state index contributed by atoms with van der Waals surface area (Å²) in [4.78, 5) is 4.86. The average molecular weight is 480 g/mol. The molecule has 0 amide bonds. The number of hydrogen-bond donors (Lipinski definition) is 0. The molecule has 0 saturated heterocycles. The van der Waals surface area contributed by atoms with Crippen LogP contribution in [-0.4, -0.2) is 21.1 Å². The summed E-state index contributed by atoms with van der Waals surface area (Å²) in [7, 11) is 1.68. The zero-order valence-electron chi connectivity index (χ0n) is 15.0. The van der Waals surface area contributed by atoms with Gasteiger partial charge in [-0.25, -0.2) is 4.98 Å². The second-order valence-electron chi connectivity index (χ2n) is 7.26. The molecule has 0 bridgehead atoms. The molecule has 4 rings (SSSR count). The molecule has 134 valence electrons. The number of halogens is 2. The SMILES string of the molecule is COc1ccc(-c2c(I)c3nc4ccc(Cl)cn4c3n2C(C)(C)C)cc1. The minimum Gasteiger partial charge on any atom is -0.497 e.